The topological polar surface area (TPSA) is 102 Å². The van der Waals surface area contributed by atoms with E-state index < -0.39 is 10.9 Å². The Hall–Kier alpha value is -2.15. The lowest BCUT2D eigenvalue weighted by Crippen LogP contribution is -2.22. The molecule has 0 heterocycles. The van der Waals surface area contributed by atoms with E-state index in [0.29, 0.717) is 13.2 Å². The van der Waals surface area contributed by atoms with Gasteiger partial charge in [-0.15, -0.1) is 0 Å². The van der Waals surface area contributed by atoms with E-state index >= 15 is 0 Å². The molecule has 19 heavy (non-hydrogen) atoms. The van der Waals surface area contributed by atoms with Gasteiger partial charge in [-0.2, -0.15) is 0 Å². The number of anilines is 1. The Balaban J connectivity index is 2.94. The maximum Gasteiger partial charge on any atom is 0.335 e. The molecule has 0 spiro atoms. The molecule has 0 aromatic heterocycles. The molecular weight excluding hydrogens is 252 g/mol. The Morgan fingerprint density at radius 3 is 2.79 bits per heavy atom. The summed E-state index contributed by atoms with van der Waals surface area (Å²) < 4.78 is 5.20. The average molecular weight is 268 g/mol. The molecule has 0 saturated carbocycles. The van der Waals surface area contributed by atoms with Crippen molar-refractivity contribution in [3.8, 4) is 0 Å². The molecule has 0 aliphatic heterocycles. The Morgan fingerprint density at radius 1 is 1.58 bits per heavy atom. The number of hydrogen-bond acceptors (Lipinski definition) is 5. The minimum absolute atomic E-state index is 0.116. The molecule has 0 bridgehead atoms. The number of aromatic carboxylic acids is 1. The highest BCUT2D eigenvalue weighted by Crippen LogP contribution is 2.26. The summed E-state index contributed by atoms with van der Waals surface area (Å²) in [5, 5.41) is 22.7. The average Bonchev–Trinajstić information content (AvgIpc) is 2.36. The van der Waals surface area contributed by atoms with E-state index in [4.69, 9.17) is 9.84 Å². The summed E-state index contributed by atoms with van der Waals surface area (Å²) in [6.45, 7) is 4.65. The van der Waals surface area contributed by atoms with Crippen molar-refractivity contribution < 1.29 is 19.6 Å². The van der Waals surface area contributed by atoms with E-state index in [2.05, 4.69) is 5.32 Å². The van der Waals surface area contributed by atoms with Gasteiger partial charge in [-0.3, -0.25) is 10.1 Å². The van der Waals surface area contributed by atoms with Crippen LogP contribution in [-0.2, 0) is 4.74 Å². The summed E-state index contributed by atoms with van der Waals surface area (Å²) in [6, 6.07) is 3.64. The summed E-state index contributed by atoms with van der Waals surface area (Å²) in [5.74, 6) is -1.20. The van der Waals surface area contributed by atoms with Gasteiger partial charge in [0, 0.05) is 18.7 Å². The SMILES string of the molecule is CCOCC(C)Nc1ccc(C(=O)O)cc1[N+](=O)[O-]. The minimum atomic E-state index is -1.20. The summed E-state index contributed by atoms with van der Waals surface area (Å²) in [6.07, 6.45) is 0. The normalized spacial score (nSPS) is 11.9. The number of carboxylic acids is 1. The first-order valence-electron chi connectivity index (χ1n) is 5.81. The first-order chi connectivity index (χ1) is 8.95. The van der Waals surface area contributed by atoms with Crippen LogP contribution in [0.15, 0.2) is 18.2 Å². The van der Waals surface area contributed by atoms with Gasteiger partial charge in [0.25, 0.3) is 5.69 Å². The molecule has 1 aromatic carbocycles. The van der Waals surface area contributed by atoms with Crippen molar-refractivity contribution in [3.05, 3.63) is 33.9 Å². The van der Waals surface area contributed by atoms with Crippen LogP contribution in [0, 0.1) is 10.1 Å². The number of nitrogens with one attached hydrogen (secondary N) is 1. The molecule has 1 unspecified atom stereocenters. The maximum absolute atomic E-state index is 10.9. The van der Waals surface area contributed by atoms with Gasteiger partial charge in [-0.1, -0.05) is 0 Å². The zero-order valence-electron chi connectivity index (χ0n) is 10.8. The fourth-order valence-electron chi connectivity index (χ4n) is 1.54. The number of carboxylic acid groups (broad SMARTS) is 1. The highest BCUT2D eigenvalue weighted by molar-refractivity contribution is 5.89. The van der Waals surface area contributed by atoms with Crippen molar-refractivity contribution in [1.29, 1.82) is 0 Å². The molecule has 0 saturated heterocycles. The first-order valence-corrected chi connectivity index (χ1v) is 5.81. The van der Waals surface area contributed by atoms with Gasteiger partial charge in [0.2, 0.25) is 0 Å². The number of carbonyl (C=O) groups is 1. The standard InChI is InChI=1S/C12H16N2O5/c1-3-19-7-8(2)13-10-5-4-9(12(15)16)6-11(10)14(17)18/h4-6,8,13H,3,7H2,1-2H3,(H,15,16). The van der Waals surface area contributed by atoms with E-state index in [0.717, 1.165) is 6.07 Å². The third-order valence-electron chi connectivity index (χ3n) is 2.42. The molecule has 0 fully saturated rings. The lowest BCUT2D eigenvalue weighted by molar-refractivity contribution is -0.384. The third-order valence-corrected chi connectivity index (χ3v) is 2.42. The molecule has 7 nitrogen and oxygen atoms in total. The zero-order chi connectivity index (χ0) is 14.4. The van der Waals surface area contributed by atoms with Crippen molar-refractivity contribution in [2.75, 3.05) is 18.5 Å². The van der Waals surface area contributed by atoms with Gasteiger partial charge < -0.3 is 15.2 Å². The van der Waals surface area contributed by atoms with E-state index in [9.17, 15) is 14.9 Å². The second-order valence-corrected chi connectivity index (χ2v) is 4.00. The molecule has 1 atom stereocenters. The predicted molar refractivity (Wildman–Crippen MR) is 69.6 cm³/mol. The van der Waals surface area contributed by atoms with Crippen molar-refractivity contribution in [2.24, 2.45) is 0 Å². The molecular formula is C12H16N2O5. The Kier molecular flexibility index (Phi) is 5.25. The molecule has 0 aliphatic carbocycles. The van der Waals surface area contributed by atoms with Crippen LogP contribution in [0.25, 0.3) is 0 Å². The summed E-state index contributed by atoms with van der Waals surface area (Å²) >= 11 is 0. The predicted octanol–water partition coefficient (Wildman–Crippen LogP) is 2.13. The van der Waals surface area contributed by atoms with Gasteiger partial charge in [0.1, 0.15) is 5.69 Å². The van der Waals surface area contributed by atoms with E-state index in [-0.39, 0.29) is 23.0 Å². The molecule has 7 heteroatoms. The summed E-state index contributed by atoms with van der Waals surface area (Å²) in [5.41, 5.74) is -0.0971. The molecule has 2 N–H and O–H groups in total. The number of nitrogens with zero attached hydrogens (tertiary/aromatic N) is 1. The number of hydrogen-bond donors (Lipinski definition) is 2. The Morgan fingerprint density at radius 2 is 2.26 bits per heavy atom. The number of rotatable bonds is 7. The number of nitro groups is 1. The molecule has 1 aromatic rings. The Labute approximate surface area is 110 Å². The molecule has 0 radical (unpaired) electrons. The number of benzene rings is 1. The van der Waals surface area contributed by atoms with Crippen molar-refractivity contribution in [2.45, 2.75) is 19.9 Å². The van der Waals surface area contributed by atoms with Gasteiger partial charge >= 0.3 is 5.97 Å². The van der Waals surface area contributed by atoms with Crippen LogP contribution < -0.4 is 5.32 Å². The zero-order valence-corrected chi connectivity index (χ0v) is 10.8. The van der Waals surface area contributed by atoms with Gasteiger partial charge in [-0.25, -0.2) is 4.79 Å². The number of ether oxygens (including phenoxy) is 1. The molecule has 1 rings (SSSR count). The molecule has 0 amide bonds. The number of nitro benzene ring substituents is 1. The molecule has 104 valence electrons. The monoisotopic (exact) mass is 268 g/mol. The lowest BCUT2D eigenvalue weighted by atomic mass is 10.1. The highest BCUT2D eigenvalue weighted by Gasteiger charge is 2.18. The van der Waals surface area contributed by atoms with Crippen LogP contribution in [0.5, 0.6) is 0 Å². The fourth-order valence-corrected chi connectivity index (χ4v) is 1.54. The summed E-state index contributed by atoms with van der Waals surface area (Å²) in [4.78, 5) is 21.1. The van der Waals surface area contributed by atoms with Crippen molar-refractivity contribution >= 4 is 17.3 Å². The van der Waals surface area contributed by atoms with Crippen LogP contribution >= 0.6 is 0 Å². The largest absolute Gasteiger partial charge is 0.478 e. The lowest BCUT2D eigenvalue weighted by Gasteiger charge is -2.15. The quantitative estimate of drug-likeness (QED) is 0.580. The van der Waals surface area contributed by atoms with Crippen LogP contribution in [0.4, 0.5) is 11.4 Å². The maximum atomic E-state index is 10.9. The Bertz CT molecular complexity index is 475. The van der Waals surface area contributed by atoms with Crippen molar-refractivity contribution in [1.82, 2.24) is 0 Å². The van der Waals surface area contributed by atoms with E-state index in [1.807, 2.05) is 13.8 Å². The van der Waals surface area contributed by atoms with E-state index in [1.54, 1.807) is 0 Å². The third kappa shape index (κ3) is 4.22. The summed E-state index contributed by atoms with van der Waals surface area (Å²) in [7, 11) is 0. The van der Waals surface area contributed by atoms with Gasteiger partial charge in [0.05, 0.1) is 17.1 Å². The van der Waals surface area contributed by atoms with Crippen LogP contribution in [0.1, 0.15) is 24.2 Å². The first kappa shape index (κ1) is 14.9. The van der Waals surface area contributed by atoms with Crippen LogP contribution in [-0.4, -0.2) is 35.3 Å². The minimum Gasteiger partial charge on any atom is -0.478 e. The fraction of sp³-hybridized carbons (Fsp3) is 0.417. The van der Waals surface area contributed by atoms with Gasteiger partial charge in [-0.05, 0) is 26.0 Å². The van der Waals surface area contributed by atoms with Gasteiger partial charge in [0.15, 0.2) is 0 Å². The highest BCUT2D eigenvalue weighted by atomic mass is 16.6. The second kappa shape index (κ2) is 6.69. The smallest absolute Gasteiger partial charge is 0.335 e. The van der Waals surface area contributed by atoms with E-state index in [1.165, 1.54) is 12.1 Å². The van der Waals surface area contributed by atoms with Crippen molar-refractivity contribution in [3.63, 3.8) is 0 Å². The van der Waals surface area contributed by atoms with Crippen LogP contribution in [0.3, 0.4) is 0 Å². The second-order valence-electron chi connectivity index (χ2n) is 4.00. The van der Waals surface area contributed by atoms with Crippen LogP contribution in [0.2, 0.25) is 0 Å². The molecule has 0 aliphatic rings.